The van der Waals surface area contributed by atoms with Crippen molar-refractivity contribution in [2.24, 2.45) is 0 Å². The van der Waals surface area contributed by atoms with Gasteiger partial charge >= 0.3 is 0 Å². The molecule has 2 nitrogen and oxygen atoms in total. The van der Waals surface area contributed by atoms with Crippen LogP contribution in [0.4, 0.5) is 0 Å². The van der Waals surface area contributed by atoms with E-state index in [1.807, 2.05) is 11.8 Å². The van der Waals surface area contributed by atoms with Gasteiger partial charge in [-0.05, 0) is 36.3 Å². The number of thiophene rings is 1. The lowest BCUT2D eigenvalue weighted by Crippen LogP contribution is -2.46. The summed E-state index contributed by atoms with van der Waals surface area (Å²) in [6.07, 6.45) is 5.47. The quantitative estimate of drug-likeness (QED) is 0.733. The molecule has 1 aromatic carbocycles. The molecule has 0 radical (unpaired) electrons. The van der Waals surface area contributed by atoms with Gasteiger partial charge in [0, 0.05) is 29.0 Å². The van der Waals surface area contributed by atoms with Crippen LogP contribution in [0.3, 0.4) is 0 Å². The van der Waals surface area contributed by atoms with Crippen molar-refractivity contribution in [3.05, 3.63) is 58.3 Å². The number of benzene rings is 1. The van der Waals surface area contributed by atoms with Crippen LogP contribution in [-0.4, -0.2) is 29.6 Å². The number of carbonyl (C=O) groups excluding carboxylic acids is 1. The minimum Gasteiger partial charge on any atom is -0.341 e. The van der Waals surface area contributed by atoms with Crippen molar-refractivity contribution in [2.45, 2.75) is 42.8 Å². The fraction of sp³-hybridized carbons (Fsp3) is 0.476. The number of hydrogen-bond acceptors (Lipinski definition) is 3. The highest BCUT2D eigenvalue weighted by Gasteiger charge is 2.45. The first-order chi connectivity index (χ1) is 12.3. The van der Waals surface area contributed by atoms with Gasteiger partial charge in [-0.25, -0.2) is 0 Å². The normalized spacial score (nSPS) is 23.4. The summed E-state index contributed by atoms with van der Waals surface area (Å²) in [6, 6.07) is 15.0. The Labute approximate surface area is 158 Å². The van der Waals surface area contributed by atoms with Crippen molar-refractivity contribution in [2.75, 3.05) is 18.8 Å². The first-order valence-electron chi connectivity index (χ1n) is 9.29. The van der Waals surface area contributed by atoms with E-state index in [1.165, 1.54) is 23.3 Å². The Hall–Kier alpha value is -1.26. The topological polar surface area (TPSA) is 20.3 Å². The van der Waals surface area contributed by atoms with Crippen LogP contribution in [0.5, 0.6) is 0 Å². The molecule has 4 heteroatoms. The molecule has 2 aromatic rings. The lowest BCUT2D eigenvalue weighted by Gasteiger charge is -2.33. The highest BCUT2D eigenvalue weighted by molar-refractivity contribution is 7.99. The van der Waals surface area contributed by atoms with Crippen LogP contribution in [0.15, 0.2) is 47.8 Å². The average molecular weight is 372 g/mol. The second-order valence-corrected chi connectivity index (χ2v) is 9.38. The molecule has 0 unspecified atom stereocenters. The summed E-state index contributed by atoms with van der Waals surface area (Å²) in [7, 11) is 0. The van der Waals surface area contributed by atoms with E-state index >= 15 is 0 Å². The highest BCUT2D eigenvalue weighted by Crippen LogP contribution is 2.45. The summed E-state index contributed by atoms with van der Waals surface area (Å²) in [5.74, 6) is 1.42. The number of nitrogens with zero attached hydrogens (tertiary/aromatic N) is 1. The third kappa shape index (κ3) is 3.39. The maximum absolute atomic E-state index is 13.5. The molecule has 1 saturated heterocycles. The third-order valence-electron chi connectivity index (χ3n) is 5.66. The molecular formula is C21H25NOS2. The lowest BCUT2D eigenvalue weighted by atomic mass is 9.82. The molecule has 1 aromatic heterocycles. The Bertz CT molecular complexity index is 692. The predicted molar refractivity (Wildman–Crippen MR) is 107 cm³/mol. The Morgan fingerprint density at radius 1 is 1.04 bits per heavy atom. The zero-order valence-electron chi connectivity index (χ0n) is 14.5. The second-order valence-electron chi connectivity index (χ2n) is 7.12. The third-order valence-corrected chi connectivity index (χ3v) is 8.06. The van der Waals surface area contributed by atoms with Crippen molar-refractivity contribution in [1.82, 2.24) is 4.90 Å². The summed E-state index contributed by atoms with van der Waals surface area (Å²) in [6.45, 7) is 1.78. The van der Waals surface area contributed by atoms with Crippen LogP contribution in [0.1, 0.15) is 47.8 Å². The van der Waals surface area contributed by atoms with Gasteiger partial charge in [0.2, 0.25) is 5.91 Å². The summed E-state index contributed by atoms with van der Waals surface area (Å²) < 4.78 is 0. The lowest BCUT2D eigenvalue weighted by molar-refractivity contribution is -0.137. The fourth-order valence-electron chi connectivity index (χ4n) is 4.30. The van der Waals surface area contributed by atoms with E-state index in [9.17, 15) is 4.79 Å². The molecule has 1 aliphatic heterocycles. The smallest absolute Gasteiger partial charge is 0.234 e. The summed E-state index contributed by atoms with van der Waals surface area (Å²) >= 11 is 3.77. The molecule has 25 heavy (non-hydrogen) atoms. The maximum Gasteiger partial charge on any atom is 0.234 e. The standard InChI is InChI=1S/C21H25NOS2/c23-20(21(11-4-5-12-21)19-9-6-15-25-19)22-13-10-18(24-16-14-22)17-7-2-1-3-8-17/h1-3,6-9,15,18H,4-5,10-14,16H2/t18-/m1/s1. The van der Waals surface area contributed by atoms with Crippen molar-refractivity contribution in [3.8, 4) is 0 Å². The summed E-state index contributed by atoms with van der Waals surface area (Å²) in [4.78, 5) is 17.0. The maximum atomic E-state index is 13.5. The molecule has 2 aliphatic rings. The zero-order chi connectivity index (χ0) is 17.1. The van der Waals surface area contributed by atoms with Gasteiger partial charge in [0.15, 0.2) is 0 Å². The van der Waals surface area contributed by atoms with E-state index in [1.54, 1.807) is 11.3 Å². The molecule has 0 spiro atoms. The van der Waals surface area contributed by atoms with Crippen LogP contribution in [0.2, 0.25) is 0 Å². The van der Waals surface area contributed by atoms with E-state index in [0.29, 0.717) is 11.2 Å². The van der Waals surface area contributed by atoms with Crippen LogP contribution >= 0.6 is 23.1 Å². The summed E-state index contributed by atoms with van der Waals surface area (Å²) in [5.41, 5.74) is 1.17. The van der Waals surface area contributed by atoms with E-state index < -0.39 is 0 Å². The molecule has 4 rings (SSSR count). The minimum atomic E-state index is -0.231. The Morgan fingerprint density at radius 2 is 1.84 bits per heavy atom. The highest BCUT2D eigenvalue weighted by atomic mass is 32.2. The number of hydrogen-bond donors (Lipinski definition) is 0. The van der Waals surface area contributed by atoms with Crippen LogP contribution in [0.25, 0.3) is 0 Å². The van der Waals surface area contributed by atoms with E-state index in [-0.39, 0.29) is 5.41 Å². The van der Waals surface area contributed by atoms with Gasteiger partial charge in [0.05, 0.1) is 5.41 Å². The number of rotatable bonds is 3. The molecule has 1 amide bonds. The van der Waals surface area contributed by atoms with Gasteiger partial charge in [-0.15, -0.1) is 11.3 Å². The molecule has 1 atom stereocenters. The van der Waals surface area contributed by atoms with Crippen LogP contribution < -0.4 is 0 Å². The predicted octanol–water partition coefficient (Wildman–Crippen LogP) is 5.27. The molecule has 0 bridgehead atoms. The van der Waals surface area contributed by atoms with Crippen LogP contribution in [0, 0.1) is 0 Å². The first-order valence-corrected chi connectivity index (χ1v) is 11.2. The average Bonchev–Trinajstić information content (AvgIpc) is 3.30. The molecule has 0 N–H and O–H groups in total. The monoisotopic (exact) mass is 371 g/mol. The van der Waals surface area contributed by atoms with Gasteiger partial charge in [0.25, 0.3) is 0 Å². The SMILES string of the molecule is O=C(N1CCS[C@@H](c2ccccc2)CC1)C1(c2cccs2)CCCC1. The van der Waals surface area contributed by atoms with E-state index in [2.05, 4.69) is 52.7 Å². The van der Waals surface area contributed by atoms with Crippen molar-refractivity contribution >= 4 is 29.0 Å². The van der Waals surface area contributed by atoms with Crippen LogP contribution in [-0.2, 0) is 10.2 Å². The molecule has 1 aliphatic carbocycles. The number of carbonyl (C=O) groups is 1. The molecule has 2 fully saturated rings. The van der Waals surface area contributed by atoms with Crippen molar-refractivity contribution in [3.63, 3.8) is 0 Å². The summed E-state index contributed by atoms with van der Waals surface area (Å²) in [5, 5.41) is 2.63. The Kier molecular flexibility index (Phi) is 5.18. The van der Waals surface area contributed by atoms with E-state index in [4.69, 9.17) is 0 Å². The second kappa shape index (κ2) is 7.55. The molecular weight excluding hydrogens is 346 g/mol. The van der Waals surface area contributed by atoms with E-state index in [0.717, 1.165) is 38.1 Å². The number of amides is 1. The van der Waals surface area contributed by atoms with Crippen molar-refractivity contribution < 1.29 is 4.79 Å². The minimum absolute atomic E-state index is 0.231. The van der Waals surface area contributed by atoms with Gasteiger partial charge < -0.3 is 4.90 Å². The Morgan fingerprint density at radius 3 is 2.56 bits per heavy atom. The molecule has 2 heterocycles. The molecule has 1 saturated carbocycles. The first kappa shape index (κ1) is 17.2. The van der Waals surface area contributed by atoms with Gasteiger partial charge in [0.1, 0.15) is 0 Å². The molecule has 132 valence electrons. The fourth-order valence-corrected chi connectivity index (χ4v) is 6.51. The van der Waals surface area contributed by atoms with Gasteiger partial charge in [-0.1, -0.05) is 49.2 Å². The largest absolute Gasteiger partial charge is 0.341 e. The zero-order valence-corrected chi connectivity index (χ0v) is 16.2. The van der Waals surface area contributed by atoms with Gasteiger partial charge in [-0.3, -0.25) is 4.79 Å². The van der Waals surface area contributed by atoms with Gasteiger partial charge in [-0.2, -0.15) is 11.8 Å². The Balaban J connectivity index is 1.51. The van der Waals surface area contributed by atoms with Crippen molar-refractivity contribution in [1.29, 1.82) is 0 Å². The number of thioether (sulfide) groups is 1.